The van der Waals surface area contributed by atoms with E-state index < -0.39 is 58.9 Å². The first-order chi connectivity index (χ1) is 13.5. The van der Waals surface area contributed by atoms with Crippen LogP contribution in [0.3, 0.4) is 0 Å². The van der Waals surface area contributed by atoms with Gasteiger partial charge in [0.15, 0.2) is 0 Å². The minimum atomic E-state index is -5.18. The summed E-state index contributed by atoms with van der Waals surface area (Å²) in [6, 6.07) is 0. The molecule has 4 fully saturated rings. The van der Waals surface area contributed by atoms with Crippen LogP contribution in [0.1, 0.15) is 66.2 Å². The van der Waals surface area contributed by atoms with Crippen molar-refractivity contribution in [1.29, 1.82) is 0 Å². The molecule has 4 saturated carbocycles. The van der Waals surface area contributed by atoms with Crippen molar-refractivity contribution in [3.05, 3.63) is 0 Å². The lowest BCUT2D eigenvalue weighted by molar-refractivity contribution is -0.132. The summed E-state index contributed by atoms with van der Waals surface area (Å²) in [5.74, 6) is -0.541. The first-order valence-electron chi connectivity index (χ1n) is 10.5. The summed E-state index contributed by atoms with van der Waals surface area (Å²) >= 11 is 0. The van der Waals surface area contributed by atoms with Gasteiger partial charge in [0.1, 0.15) is 11.6 Å². The van der Waals surface area contributed by atoms with Crippen molar-refractivity contribution in [3.63, 3.8) is 0 Å². The maximum atomic E-state index is 13.3. The SMILES string of the molecule is CC1(C)C2CCC1(COS(=O)(=O)C(C13CCC(CC1=O)C3(C)C)S(=O)(=O)O)C(=O)C2.N. The number of fused-ring (bicyclic) bond motifs is 4. The highest BCUT2D eigenvalue weighted by Crippen LogP contribution is 2.68. The number of ketones is 2. The molecule has 4 aliphatic carbocycles. The summed E-state index contributed by atoms with van der Waals surface area (Å²) < 4.78 is 64.3. The molecule has 4 rings (SSSR count). The average Bonchev–Trinajstić information content (AvgIpc) is 3.12. The van der Waals surface area contributed by atoms with Crippen molar-refractivity contribution in [2.45, 2.75) is 70.8 Å². The second-order valence-corrected chi connectivity index (χ2v) is 14.3. The van der Waals surface area contributed by atoms with Gasteiger partial charge in [0.25, 0.3) is 20.2 Å². The number of rotatable bonds is 6. The number of Topliss-reactive ketones (excluding diaryl/α,β-unsaturated/α-hetero) is 2. The lowest BCUT2D eigenvalue weighted by atomic mass is 9.69. The van der Waals surface area contributed by atoms with Crippen molar-refractivity contribution in [1.82, 2.24) is 6.15 Å². The Morgan fingerprint density at radius 3 is 1.84 bits per heavy atom. The lowest BCUT2D eigenvalue weighted by Crippen LogP contribution is -2.54. The van der Waals surface area contributed by atoms with E-state index in [9.17, 15) is 31.0 Å². The molecule has 5 unspecified atom stereocenters. The van der Waals surface area contributed by atoms with E-state index in [1.807, 2.05) is 13.8 Å². The maximum absolute atomic E-state index is 13.3. The summed E-state index contributed by atoms with van der Waals surface area (Å²) in [5.41, 5.74) is -4.14. The molecule has 178 valence electrons. The molecule has 0 aliphatic heterocycles. The van der Waals surface area contributed by atoms with Gasteiger partial charge in [-0.15, -0.1) is 0 Å². The van der Waals surface area contributed by atoms with E-state index in [0.29, 0.717) is 19.3 Å². The first-order valence-corrected chi connectivity index (χ1v) is 13.4. The van der Waals surface area contributed by atoms with Gasteiger partial charge in [-0.3, -0.25) is 18.3 Å². The summed E-state index contributed by atoms with van der Waals surface area (Å²) in [7, 11) is -10.1. The normalized spacial score (nSPS) is 39.0. The van der Waals surface area contributed by atoms with Crippen molar-refractivity contribution < 1.29 is 35.2 Å². The van der Waals surface area contributed by atoms with Crippen LogP contribution in [0.5, 0.6) is 0 Å². The molecule has 31 heavy (non-hydrogen) atoms. The van der Waals surface area contributed by atoms with Crippen molar-refractivity contribution in [2.75, 3.05) is 6.61 Å². The zero-order valence-corrected chi connectivity index (χ0v) is 20.1. The minimum Gasteiger partial charge on any atom is -0.344 e. The van der Waals surface area contributed by atoms with Crippen LogP contribution in [0.4, 0.5) is 0 Å². The summed E-state index contributed by atoms with van der Waals surface area (Å²) in [6.45, 7) is 6.74. The van der Waals surface area contributed by atoms with Crippen LogP contribution in [0.15, 0.2) is 0 Å². The Morgan fingerprint density at radius 1 is 0.935 bits per heavy atom. The molecule has 0 aromatic heterocycles. The predicted molar refractivity (Wildman–Crippen MR) is 112 cm³/mol. The van der Waals surface area contributed by atoms with Gasteiger partial charge in [0.2, 0.25) is 4.58 Å². The molecule has 4 N–H and O–H groups in total. The standard InChI is InChI=1S/C20H30O8S2.H3N/c1-17(2)12-5-7-19(17,14(21)9-12)11-28-30(26,27)16(29(23,24)25)20-8-6-13(10-15(20)22)18(20,3)4;/h12-13,16H,5-11H2,1-4H3,(H,23,24,25);1H3. The highest BCUT2D eigenvalue weighted by molar-refractivity contribution is 8.04. The molecule has 0 aromatic carbocycles. The van der Waals surface area contributed by atoms with E-state index in [0.717, 1.165) is 6.42 Å². The highest BCUT2D eigenvalue weighted by Gasteiger charge is 2.73. The number of carbonyl (C=O) groups excluding carboxylic acids is 2. The minimum absolute atomic E-state index is 0. The zero-order valence-electron chi connectivity index (χ0n) is 18.5. The van der Waals surface area contributed by atoms with Gasteiger partial charge in [-0.05, 0) is 48.3 Å². The Bertz CT molecular complexity index is 1030. The lowest BCUT2D eigenvalue weighted by Gasteiger charge is -2.41. The largest absolute Gasteiger partial charge is 0.344 e. The monoisotopic (exact) mass is 479 g/mol. The molecule has 5 atom stereocenters. The van der Waals surface area contributed by atoms with Gasteiger partial charge in [0, 0.05) is 12.8 Å². The fourth-order valence-corrected chi connectivity index (χ4v) is 11.2. The molecule has 0 radical (unpaired) electrons. The molecule has 0 heterocycles. The smallest absolute Gasteiger partial charge is 0.288 e. The molecule has 0 amide bonds. The van der Waals surface area contributed by atoms with E-state index >= 15 is 0 Å². The van der Waals surface area contributed by atoms with Crippen LogP contribution < -0.4 is 6.15 Å². The summed E-state index contributed by atoms with van der Waals surface area (Å²) in [6.07, 6.45) is 2.28. The van der Waals surface area contributed by atoms with Gasteiger partial charge in [0.05, 0.1) is 17.4 Å². The second kappa shape index (κ2) is 6.82. The van der Waals surface area contributed by atoms with Crippen molar-refractivity contribution in [2.24, 2.45) is 33.5 Å². The third-order valence-electron chi connectivity index (χ3n) is 9.53. The molecule has 4 bridgehead atoms. The average molecular weight is 480 g/mol. The van der Waals surface area contributed by atoms with Crippen LogP contribution in [-0.2, 0) is 34.0 Å². The second-order valence-electron chi connectivity index (χ2n) is 10.8. The van der Waals surface area contributed by atoms with Crippen LogP contribution >= 0.6 is 0 Å². The van der Waals surface area contributed by atoms with E-state index in [2.05, 4.69) is 0 Å². The fourth-order valence-electron chi connectivity index (χ4n) is 7.27. The fraction of sp³-hybridized carbons (Fsp3) is 0.900. The third-order valence-corrected chi connectivity index (χ3v) is 13.3. The molecule has 0 spiro atoms. The Balaban J connectivity index is 0.00000272. The molecular formula is C20H33NO8S2. The topological polar surface area (TPSA) is 167 Å². The summed E-state index contributed by atoms with van der Waals surface area (Å²) in [4.78, 5) is 25.6. The van der Waals surface area contributed by atoms with Gasteiger partial charge < -0.3 is 6.15 Å². The van der Waals surface area contributed by atoms with Crippen LogP contribution in [0, 0.1) is 33.5 Å². The van der Waals surface area contributed by atoms with E-state index in [4.69, 9.17) is 4.18 Å². The Labute approximate surface area is 184 Å². The van der Waals surface area contributed by atoms with E-state index in [1.165, 1.54) is 0 Å². The summed E-state index contributed by atoms with van der Waals surface area (Å²) in [5, 5.41) is 0. The van der Waals surface area contributed by atoms with E-state index in [-0.39, 0.29) is 36.6 Å². The van der Waals surface area contributed by atoms with Gasteiger partial charge in [-0.25, -0.2) is 0 Å². The maximum Gasteiger partial charge on any atom is 0.288 e. The van der Waals surface area contributed by atoms with Gasteiger partial charge in [-0.1, -0.05) is 27.7 Å². The quantitative estimate of drug-likeness (QED) is 0.429. The van der Waals surface area contributed by atoms with Crippen molar-refractivity contribution >= 4 is 31.8 Å². The Kier molecular flexibility index (Phi) is 5.44. The van der Waals surface area contributed by atoms with Gasteiger partial charge in [-0.2, -0.15) is 16.8 Å². The molecular weight excluding hydrogens is 446 g/mol. The van der Waals surface area contributed by atoms with Crippen LogP contribution in [-0.4, -0.2) is 44.1 Å². The number of hydrogen-bond acceptors (Lipinski definition) is 8. The number of hydrogen-bond donors (Lipinski definition) is 2. The molecule has 4 aliphatic rings. The predicted octanol–water partition coefficient (Wildman–Crippen LogP) is 2.50. The van der Waals surface area contributed by atoms with E-state index in [1.54, 1.807) is 13.8 Å². The first kappa shape index (κ1) is 24.8. The molecule has 11 heteroatoms. The zero-order chi connectivity index (χ0) is 22.5. The van der Waals surface area contributed by atoms with Crippen LogP contribution in [0.25, 0.3) is 0 Å². The highest BCUT2D eigenvalue weighted by atomic mass is 32.3. The van der Waals surface area contributed by atoms with Gasteiger partial charge >= 0.3 is 0 Å². The van der Waals surface area contributed by atoms with Crippen molar-refractivity contribution in [3.8, 4) is 0 Å². The molecule has 9 nitrogen and oxygen atoms in total. The number of carbonyl (C=O) groups is 2. The Hall–Kier alpha value is -0.880. The Morgan fingerprint density at radius 2 is 1.45 bits per heavy atom. The molecule has 0 aromatic rings. The molecule has 0 saturated heterocycles. The van der Waals surface area contributed by atoms with Crippen LogP contribution in [0.2, 0.25) is 0 Å². The third kappa shape index (κ3) is 2.89.